The van der Waals surface area contributed by atoms with Gasteiger partial charge >= 0.3 is 5.69 Å². The summed E-state index contributed by atoms with van der Waals surface area (Å²) >= 11 is 0. The molecule has 2 rings (SSSR count). The molecule has 0 aliphatic heterocycles. The Morgan fingerprint density at radius 1 is 1.48 bits per heavy atom. The number of nitrogens with two attached hydrogens (primary N) is 1. The van der Waals surface area contributed by atoms with Crippen LogP contribution in [0.4, 0.5) is 5.69 Å². The molecule has 1 aromatic heterocycles. The summed E-state index contributed by atoms with van der Waals surface area (Å²) in [5.41, 5.74) is 6.01. The first kappa shape index (κ1) is 14.9. The molecule has 0 atom stereocenters. The van der Waals surface area contributed by atoms with E-state index in [1.165, 1.54) is 12.1 Å². The third-order valence-corrected chi connectivity index (χ3v) is 2.79. The van der Waals surface area contributed by atoms with Crippen molar-refractivity contribution in [2.45, 2.75) is 32.9 Å². The van der Waals surface area contributed by atoms with E-state index in [9.17, 15) is 10.1 Å². The lowest BCUT2D eigenvalue weighted by Crippen LogP contribution is -2.03. The Labute approximate surface area is 121 Å². The second-order valence-corrected chi connectivity index (χ2v) is 4.41. The lowest BCUT2D eigenvalue weighted by atomic mass is 10.2. The molecule has 21 heavy (non-hydrogen) atoms. The van der Waals surface area contributed by atoms with Gasteiger partial charge in [-0.3, -0.25) is 10.1 Å². The number of aryl methyl sites for hydroxylation is 1. The van der Waals surface area contributed by atoms with E-state index >= 15 is 0 Å². The van der Waals surface area contributed by atoms with Crippen molar-refractivity contribution in [2.75, 3.05) is 0 Å². The molecule has 0 spiro atoms. The minimum atomic E-state index is -0.507. The van der Waals surface area contributed by atoms with Crippen molar-refractivity contribution in [2.24, 2.45) is 5.73 Å². The molecule has 0 saturated carbocycles. The molecule has 8 heteroatoms. The van der Waals surface area contributed by atoms with Gasteiger partial charge in [-0.1, -0.05) is 18.1 Å². The van der Waals surface area contributed by atoms with Crippen LogP contribution in [-0.4, -0.2) is 15.1 Å². The molecular weight excluding hydrogens is 276 g/mol. The van der Waals surface area contributed by atoms with Crippen molar-refractivity contribution in [3.63, 3.8) is 0 Å². The van der Waals surface area contributed by atoms with E-state index in [0.717, 1.165) is 6.42 Å². The van der Waals surface area contributed by atoms with Gasteiger partial charge in [0, 0.05) is 19.0 Å². The van der Waals surface area contributed by atoms with Gasteiger partial charge in [0.1, 0.15) is 0 Å². The van der Waals surface area contributed by atoms with Crippen LogP contribution in [0.5, 0.6) is 5.75 Å². The van der Waals surface area contributed by atoms with Gasteiger partial charge in [0.2, 0.25) is 11.7 Å². The molecule has 1 aromatic carbocycles. The van der Waals surface area contributed by atoms with E-state index < -0.39 is 4.92 Å². The number of hydrogen-bond donors (Lipinski definition) is 1. The van der Waals surface area contributed by atoms with Gasteiger partial charge in [-0.15, -0.1) is 0 Å². The minimum absolute atomic E-state index is 0.00995. The highest BCUT2D eigenvalue weighted by Gasteiger charge is 2.17. The van der Waals surface area contributed by atoms with Crippen LogP contribution >= 0.6 is 0 Å². The molecule has 8 nitrogen and oxygen atoms in total. The fourth-order valence-electron chi connectivity index (χ4n) is 1.76. The lowest BCUT2D eigenvalue weighted by Gasteiger charge is -2.05. The SMILES string of the molecule is CCCc1nc(COc2ccc(CN)cc2[N+](=O)[O-])no1. The van der Waals surface area contributed by atoms with Crippen molar-refractivity contribution >= 4 is 5.69 Å². The van der Waals surface area contributed by atoms with E-state index in [2.05, 4.69) is 10.1 Å². The zero-order chi connectivity index (χ0) is 15.2. The third-order valence-electron chi connectivity index (χ3n) is 2.79. The maximum Gasteiger partial charge on any atom is 0.311 e. The van der Waals surface area contributed by atoms with Crippen LogP contribution in [0.25, 0.3) is 0 Å². The van der Waals surface area contributed by atoms with Crippen molar-refractivity contribution in [3.05, 3.63) is 45.6 Å². The largest absolute Gasteiger partial charge is 0.478 e. The van der Waals surface area contributed by atoms with E-state index in [0.29, 0.717) is 23.7 Å². The van der Waals surface area contributed by atoms with Crippen LogP contribution < -0.4 is 10.5 Å². The zero-order valence-corrected chi connectivity index (χ0v) is 11.6. The molecule has 0 aliphatic carbocycles. The molecule has 2 aromatic rings. The topological polar surface area (TPSA) is 117 Å². The normalized spacial score (nSPS) is 10.6. The highest BCUT2D eigenvalue weighted by molar-refractivity contribution is 5.48. The summed E-state index contributed by atoms with van der Waals surface area (Å²) in [4.78, 5) is 14.6. The van der Waals surface area contributed by atoms with Gasteiger partial charge in [-0.2, -0.15) is 4.98 Å². The fraction of sp³-hybridized carbons (Fsp3) is 0.385. The van der Waals surface area contributed by atoms with Crippen LogP contribution in [0.15, 0.2) is 22.7 Å². The molecule has 0 radical (unpaired) electrons. The predicted octanol–water partition coefficient (Wildman–Crippen LogP) is 1.97. The summed E-state index contributed by atoms with van der Waals surface area (Å²) < 4.78 is 10.4. The van der Waals surface area contributed by atoms with Gasteiger partial charge in [0.15, 0.2) is 12.4 Å². The van der Waals surface area contributed by atoms with Crippen molar-refractivity contribution < 1.29 is 14.2 Å². The molecule has 1 heterocycles. The Bertz CT molecular complexity index is 626. The molecular formula is C13H16N4O4. The van der Waals surface area contributed by atoms with Gasteiger partial charge in [-0.25, -0.2) is 0 Å². The summed E-state index contributed by atoms with van der Waals surface area (Å²) in [5, 5.41) is 14.8. The molecule has 112 valence electrons. The first-order valence-corrected chi connectivity index (χ1v) is 6.55. The second kappa shape index (κ2) is 6.80. The standard InChI is InChI=1S/C13H16N4O4/c1-2-3-13-15-12(16-21-13)8-20-11-5-4-9(7-14)6-10(11)17(18)19/h4-6H,2-3,7-8,14H2,1H3. The number of hydrogen-bond acceptors (Lipinski definition) is 7. The van der Waals surface area contributed by atoms with Crippen LogP contribution in [0.1, 0.15) is 30.6 Å². The number of aromatic nitrogens is 2. The van der Waals surface area contributed by atoms with Crippen molar-refractivity contribution in [1.29, 1.82) is 0 Å². The predicted molar refractivity (Wildman–Crippen MR) is 73.6 cm³/mol. The molecule has 0 unspecified atom stereocenters. The van der Waals surface area contributed by atoms with Gasteiger partial charge in [0.25, 0.3) is 0 Å². The Morgan fingerprint density at radius 2 is 2.29 bits per heavy atom. The van der Waals surface area contributed by atoms with Crippen LogP contribution in [0, 0.1) is 10.1 Å². The lowest BCUT2D eigenvalue weighted by molar-refractivity contribution is -0.386. The smallest absolute Gasteiger partial charge is 0.311 e. The first-order chi connectivity index (χ1) is 10.1. The summed E-state index contributed by atoms with van der Waals surface area (Å²) in [5.74, 6) is 1.04. The average Bonchev–Trinajstić information content (AvgIpc) is 2.93. The van der Waals surface area contributed by atoms with Crippen molar-refractivity contribution in [3.8, 4) is 5.75 Å². The number of rotatable bonds is 7. The Hall–Kier alpha value is -2.48. The highest BCUT2D eigenvalue weighted by Crippen LogP contribution is 2.28. The molecule has 2 N–H and O–H groups in total. The fourth-order valence-corrected chi connectivity index (χ4v) is 1.76. The van der Waals surface area contributed by atoms with E-state index in [1.54, 1.807) is 6.07 Å². The Balaban J connectivity index is 2.09. The first-order valence-electron chi connectivity index (χ1n) is 6.55. The zero-order valence-electron chi connectivity index (χ0n) is 11.6. The average molecular weight is 292 g/mol. The van der Waals surface area contributed by atoms with Crippen molar-refractivity contribution in [1.82, 2.24) is 10.1 Å². The van der Waals surface area contributed by atoms with Gasteiger partial charge < -0.3 is 15.0 Å². The van der Waals surface area contributed by atoms with Gasteiger partial charge in [-0.05, 0) is 18.1 Å². The molecule has 0 amide bonds. The molecule has 0 aliphatic rings. The number of benzene rings is 1. The van der Waals surface area contributed by atoms with E-state index in [4.69, 9.17) is 15.0 Å². The van der Waals surface area contributed by atoms with E-state index in [1.807, 2.05) is 6.92 Å². The Morgan fingerprint density at radius 3 is 2.95 bits per heavy atom. The summed E-state index contributed by atoms with van der Waals surface area (Å²) in [6, 6.07) is 4.60. The number of nitro benzene ring substituents is 1. The number of ether oxygens (including phenoxy) is 1. The highest BCUT2D eigenvalue weighted by atomic mass is 16.6. The summed E-state index contributed by atoms with van der Waals surface area (Å²) in [6.07, 6.45) is 1.59. The van der Waals surface area contributed by atoms with E-state index in [-0.39, 0.29) is 24.6 Å². The van der Waals surface area contributed by atoms with Crippen LogP contribution in [0.3, 0.4) is 0 Å². The quantitative estimate of drug-likeness (QED) is 0.612. The second-order valence-electron chi connectivity index (χ2n) is 4.41. The molecule has 0 fully saturated rings. The number of nitro groups is 1. The summed E-state index contributed by atoms with van der Waals surface area (Å²) in [7, 11) is 0. The maximum atomic E-state index is 11.0. The maximum absolute atomic E-state index is 11.0. The summed E-state index contributed by atoms with van der Waals surface area (Å²) in [6.45, 7) is 2.24. The number of nitrogens with zero attached hydrogens (tertiary/aromatic N) is 3. The molecule has 0 bridgehead atoms. The van der Waals surface area contributed by atoms with Gasteiger partial charge in [0.05, 0.1) is 4.92 Å². The van der Waals surface area contributed by atoms with Crippen LogP contribution in [-0.2, 0) is 19.6 Å². The Kier molecular flexibility index (Phi) is 4.83. The molecule has 0 saturated heterocycles. The minimum Gasteiger partial charge on any atom is -0.478 e. The monoisotopic (exact) mass is 292 g/mol. The van der Waals surface area contributed by atoms with Crippen LogP contribution in [0.2, 0.25) is 0 Å². The third kappa shape index (κ3) is 3.76.